The lowest BCUT2D eigenvalue weighted by molar-refractivity contribution is -0.137. The van der Waals surface area contributed by atoms with Gasteiger partial charge in [-0.15, -0.1) is 0 Å². The van der Waals surface area contributed by atoms with Crippen LogP contribution in [0.5, 0.6) is 0 Å². The number of ether oxygens (including phenoxy) is 1. The first-order chi connectivity index (χ1) is 6.69. The summed E-state index contributed by atoms with van der Waals surface area (Å²) >= 11 is 6.70. The molecule has 0 spiro atoms. The largest absolute Gasteiger partial charge is 0.465 e. The summed E-state index contributed by atoms with van der Waals surface area (Å²) in [5, 5.41) is -0.0805. The fraction of sp³-hybridized carbons (Fsp3) is 0.778. The average Bonchev–Trinajstić information content (AvgIpc) is 2.54. The van der Waals surface area contributed by atoms with Crippen molar-refractivity contribution in [2.75, 3.05) is 19.7 Å². The number of carbonyl (C=O) groups excluding carboxylic acids is 1. The standard InChI is InChI=1S/C9H15NO2S2/c1-3-10(4-2)9(13)14-7-5-6-12-8(7)11/h7H,3-6H2,1-2H3/t7-/m1/s1. The van der Waals surface area contributed by atoms with Gasteiger partial charge in [-0.2, -0.15) is 0 Å². The first kappa shape index (κ1) is 11.8. The van der Waals surface area contributed by atoms with Gasteiger partial charge in [0.15, 0.2) is 0 Å². The average molecular weight is 233 g/mol. The van der Waals surface area contributed by atoms with Crippen molar-refractivity contribution < 1.29 is 9.53 Å². The minimum Gasteiger partial charge on any atom is -0.465 e. The highest BCUT2D eigenvalue weighted by Gasteiger charge is 2.29. The van der Waals surface area contributed by atoms with Gasteiger partial charge in [0.05, 0.1) is 6.61 Å². The van der Waals surface area contributed by atoms with Crippen LogP contribution in [0.1, 0.15) is 20.3 Å². The van der Waals surface area contributed by atoms with Gasteiger partial charge in [0, 0.05) is 19.5 Å². The number of hydrogen-bond acceptors (Lipinski definition) is 4. The molecule has 1 heterocycles. The lowest BCUT2D eigenvalue weighted by atomic mass is 10.4. The molecule has 0 aromatic heterocycles. The summed E-state index contributed by atoms with van der Waals surface area (Å²) in [5.41, 5.74) is 0. The number of thiocarbonyl (C=S) groups is 1. The molecule has 1 atom stereocenters. The number of carbonyl (C=O) groups is 1. The highest BCUT2D eigenvalue weighted by molar-refractivity contribution is 8.23. The summed E-state index contributed by atoms with van der Waals surface area (Å²) in [5.74, 6) is -0.121. The molecule has 1 aliphatic rings. The van der Waals surface area contributed by atoms with Gasteiger partial charge < -0.3 is 9.64 Å². The first-order valence-corrected chi connectivity index (χ1v) is 6.10. The van der Waals surface area contributed by atoms with E-state index >= 15 is 0 Å². The topological polar surface area (TPSA) is 29.5 Å². The zero-order valence-electron chi connectivity index (χ0n) is 8.49. The van der Waals surface area contributed by atoms with E-state index in [9.17, 15) is 4.79 Å². The molecule has 1 fully saturated rings. The van der Waals surface area contributed by atoms with E-state index in [2.05, 4.69) is 18.7 Å². The van der Waals surface area contributed by atoms with Crippen molar-refractivity contribution in [3.8, 4) is 0 Å². The zero-order valence-corrected chi connectivity index (χ0v) is 10.1. The molecule has 0 saturated carbocycles. The Morgan fingerprint density at radius 2 is 2.29 bits per heavy atom. The van der Waals surface area contributed by atoms with E-state index in [1.54, 1.807) is 0 Å². The van der Waals surface area contributed by atoms with E-state index in [4.69, 9.17) is 17.0 Å². The normalized spacial score (nSPS) is 20.7. The number of esters is 1. The Kier molecular flexibility index (Phi) is 4.68. The second-order valence-corrected chi connectivity index (χ2v) is 4.84. The molecule has 1 rings (SSSR count). The third-order valence-electron chi connectivity index (χ3n) is 2.15. The van der Waals surface area contributed by atoms with Crippen LogP contribution in [-0.2, 0) is 9.53 Å². The van der Waals surface area contributed by atoms with Crippen LogP contribution in [0.4, 0.5) is 0 Å². The van der Waals surface area contributed by atoms with Crippen molar-refractivity contribution in [1.29, 1.82) is 0 Å². The Hall–Kier alpha value is -0.290. The van der Waals surface area contributed by atoms with E-state index in [1.165, 1.54) is 11.8 Å². The van der Waals surface area contributed by atoms with Gasteiger partial charge >= 0.3 is 5.97 Å². The van der Waals surface area contributed by atoms with Crippen LogP contribution in [0.2, 0.25) is 0 Å². The molecule has 1 saturated heterocycles. The van der Waals surface area contributed by atoms with Gasteiger partial charge in [0.1, 0.15) is 9.57 Å². The Balaban J connectivity index is 2.43. The van der Waals surface area contributed by atoms with Gasteiger partial charge in [0.2, 0.25) is 0 Å². The minimum atomic E-state index is -0.121. The van der Waals surface area contributed by atoms with Crippen LogP contribution >= 0.6 is 24.0 Å². The Labute approximate surface area is 94.2 Å². The molecular formula is C9H15NO2S2. The Bertz CT molecular complexity index is 229. The number of rotatable bonds is 3. The van der Waals surface area contributed by atoms with Crippen LogP contribution in [0.3, 0.4) is 0 Å². The van der Waals surface area contributed by atoms with Crippen molar-refractivity contribution in [2.24, 2.45) is 0 Å². The van der Waals surface area contributed by atoms with Gasteiger partial charge in [-0.25, -0.2) is 0 Å². The molecule has 0 bridgehead atoms. The molecule has 0 aromatic carbocycles. The van der Waals surface area contributed by atoms with E-state index in [1.807, 2.05) is 0 Å². The maximum atomic E-state index is 11.2. The zero-order chi connectivity index (χ0) is 10.6. The summed E-state index contributed by atoms with van der Waals surface area (Å²) in [6.07, 6.45) is 0.783. The molecule has 1 aliphatic heterocycles. The second-order valence-electron chi connectivity index (χ2n) is 3.00. The van der Waals surface area contributed by atoms with Crippen LogP contribution < -0.4 is 0 Å². The first-order valence-electron chi connectivity index (χ1n) is 4.81. The predicted octanol–water partition coefficient (Wildman–Crippen LogP) is 1.66. The number of nitrogens with zero attached hydrogens (tertiary/aromatic N) is 1. The fourth-order valence-corrected chi connectivity index (χ4v) is 2.90. The molecule has 14 heavy (non-hydrogen) atoms. The van der Waals surface area contributed by atoms with E-state index < -0.39 is 0 Å². The Morgan fingerprint density at radius 1 is 1.64 bits per heavy atom. The van der Waals surface area contributed by atoms with Crippen molar-refractivity contribution in [3.05, 3.63) is 0 Å². The van der Waals surface area contributed by atoms with E-state index in [0.717, 1.165) is 23.8 Å². The van der Waals surface area contributed by atoms with Crippen molar-refractivity contribution in [1.82, 2.24) is 4.90 Å². The van der Waals surface area contributed by atoms with Crippen molar-refractivity contribution >= 4 is 34.3 Å². The number of thioether (sulfide) groups is 1. The van der Waals surface area contributed by atoms with Crippen LogP contribution in [-0.4, -0.2) is 40.1 Å². The summed E-state index contributed by atoms with van der Waals surface area (Å²) in [6.45, 7) is 6.44. The number of hydrogen-bond donors (Lipinski definition) is 0. The van der Waals surface area contributed by atoms with E-state index in [-0.39, 0.29) is 11.2 Å². The van der Waals surface area contributed by atoms with Crippen LogP contribution in [0.25, 0.3) is 0 Å². The van der Waals surface area contributed by atoms with Crippen LogP contribution in [0, 0.1) is 0 Å². The summed E-state index contributed by atoms with van der Waals surface area (Å²) in [4.78, 5) is 13.3. The predicted molar refractivity (Wildman–Crippen MR) is 62.5 cm³/mol. The molecular weight excluding hydrogens is 218 g/mol. The maximum Gasteiger partial charge on any atom is 0.319 e. The van der Waals surface area contributed by atoms with Gasteiger partial charge in [-0.1, -0.05) is 24.0 Å². The summed E-state index contributed by atoms with van der Waals surface area (Å²) in [6, 6.07) is 0. The van der Waals surface area contributed by atoms with Gasteiger partial charge in [0.25, 0.3) is 0 Å². The fourth-order valence-electron chi connectivity index (χ4n) is 1.26. The molecule has 0 unspecified atom stereocenters. The molecule has 3 nitrogen and oxygen atoms in total. The second kappa shape index (κ2) is 5.56. The molecule has 80 valence electrons. The van der Waals surface area contributed by atoms with Crippen molar-refractivity contribution in [3.63, 3.8) is 0 Å². The van der Waals surface area contributed by atoms with Gasteiger partial charge in [-0.3, -0.25) is 4.79 Å². The molecule has 0 amide bonds. The highest BCUT2D eigenvalue weighted by Crippen LogP contribution is 2.24. The SMILES string of the molecule is CCN(CC)C(=S)S[C@@H]1CCOC1=O. The van der Waals surface area contributed by atoms with Crippen LogP contribution in [0.15, 0.2) is 0 Å². The van der Waals surface area contributed by atoms with Gasteiger partial charge in [-0.05, 0) is 13.8 Å². The monoisotopic (exact) mass is 233 g/mol. The molecule has 0 N–H and O–H groups in total. The van der Waals surface area contributed by atoms with Crippen molar-refractivity contribution in [2.45, 2.75) is 25.5 Å². The summed E-state index contributed by atoms with van der Waals surface area (Å²) < 4.78 is 5.68. The van der Waals surface area contributed by atoms with E-state index in [0.29, 0.717) is 6.61 Å². The lowest BCUT2D eigenvalue weighted by Gasteiger charge is -2.21. The Morgan fingerprint density at radius 3 is 2.71 bits per heavy atom. The lowest BCUT2D eigenvalue weighted by Crippen LogP contribution is -2.29. The smallest absolute Gasteiger partial charge is 0.319 e. The summed E-state index contributed by atoms with van der Waals surface area (Å²) in [7, 11) is 0. The molecule has 5 heteroatoms. The minimum absolute atomic E-state index is 0.0805. The molecule has 0 radical (unpaired) electrons. The maximum absolute atomic E-state index is 11.2. The third-order valence-corrected chi connectivity index (χ3v) is 3.87. The molecule has 0 aromatic rings. The number of cyclic esters (lactones) is 1. The quantitative estimate of drug-likeness (QED) is 0.546. The third kappa shape index (κ3) is 2.85. The molecule has 0 aliphatic carbocycles. The highest BCUT2D eigenvalue weighted by atomic mass is 32.2.